The Morgan fingerprint density at radius 1 is 1.30 bits per heavy atom. The van der Waals surface area contributed by atoms with Crippen LogP contribution in [0.15, 0.2) is 18.2 Å². The highest BCUT2D eigenvalue weighted by molar-refractivity contribution is 5.76. The molecule has 152 valence electrons. The molecule has 2 rings (SSSR count). The van der Waals surface area contributed by atoms with Gasteiger partial charge in [-0.2, -0.15) is 0 Å². The number of halogens is 1. The molecule has 1 amide bonds. The minimum absolute atomic E-state index is 0.00967. The summed E-state index contributed by atoms with van der Waals surface area (Å²) in [5.74, 6) is 0.396. The van der Waals surface area contributed by atoms with Gasteiger partial charge in [0.15, 0.2) is 11.6 Å². The standard InChI is InChI=1S/C21H33FN2O3/c1-4-17(5-2)19(24-10-12-27-13-11-24)15-23-21(25)9-7-16-6-8-20(26-3)18(22)14-16/h6,8,14,17,19H,4-5,7,9-13,15H2,1-3H3,(H,23,25). The van der Waals surface area contributed by atoms with Crippen LogP contribution in [0.3, 0.4) is 0 Å². The van der Waals surface area contributed by atoms with Crippen molar-refractivity contribution in [2.75, 3.05) is 40.0 Å². The Labute approximate surface area is 162 Å². The summed E-state index contributed by atoms with van der Waals surface area (Å²) >= 11 is 0. The van der Waals surface area contributed by atoms with E-state index < -0.39 is 5.82 Å². The molecule has 0 bridgehead atoms. The van der Waals surface area contributed by atoms with Crippen LogP contribution in [0.2, 0.25) is 0 Å². The van der Waals surface area contributed by atoms with Crippen molar-refractivity contribution >= 4 is 5.91 Å². The molecular formula is C21H33FN2O3. The third kappa shape index (κ3) is 6.47. The van der Waals surface area contributed by atoms with Gasteiger partial charge in [0, 0.05) is 32.1 Å². The third-order valence-corrected chi connectivity index (χ3v) is 5.47. The van der Waals surface area contributed by atoms with Crippen molar-refractivity contribution in [2.24, 2.45) is 5.92 Å². The van der Waals surface area contributed by atoms with Gasteiger partial charge in [-0.1, -0.05) is 32.8 Å². The van der Waals surface area contributed by atoms with Crippen LogP contribution in [0.5, 0.6) is 5.75 Å². The molecule has 1 atom stereocenters. The summed E-state index contributed by atoms with van der Waals surface area (Å²) in [4.78, 5) is 14.8. The molecule has 1 aromatic carbocycles. The highest BCUT2D eigenvalue weighted by atomic mass is 19.1. The topological polar surface area (TPSA) is 50.8 Å². The highest BCUT2D eigenvalue weighted by Crippen LogP contribution is 2.20. The molecule has 1 aliphatic rings. The minimum Gasteiger partial charge on any atom is -0.494 e. The number of methoxy groups -OCH3 is 1. The number of hydrogen-bond donors (Lipinski definition) is 1. The first-order chi connectivity index (χ1) is 13.1. The lowest BCUT2D eigenvalue weighted by Crippen LogP contribution is -2.52. The smallest absolute Gasteiger partial charge is 0.220 e. The van der Waals surface area contributed by atoms with Gasteiger partial charge in [-0.3, -0.25) is 9.69 Å². The van der Waals surface area contributed by atoms with Crippen molar-refractivity contribution in [3.05, 3.63) is 29.6 Å². The molecular weight excluding hydrogens is 347 g/mol. The van der Waals surface area contributed by atoms with Gasteiger partial charge in [0.1, 0.15) is 0 Å². The van der Waals surface area contributed by atoms with E-state index in [2.05, 4.69) is 24.1 Å². The number of nitrogens with zero attached hydrogens (tertiary/aromatic N) is 1. The number of nitrogens with one attached hydrogen (secondary N) is 1. The van der Waals surface area contributed by atoms with Crippen LogP contribution in [0.4, 0.5) is 4.39 Å². The van der Waals surface area contributed by atoms with E-state index >= 15 is 0 Å². The lowest BCUT2D eigenvalue weighted by Gasteiger charge is -2.38. The molecule has 1 aliphatic heterocycles. The summed E-state index contributed by atoms with van der Waals surface area (Å²) in [6, 6.07) is 5.18. The predicted octanol–water partition coefficient (Wildman–Crippen LogP) is 3.02. The number of carbonyl (C=O) groups excluding carboxylic acids is 1. The molecule has 1 unspecified atom stereocenters. The first kappa shape index (κ1) is 21.6. The van der Waals surface area contributed by atoms with Crippen molar-refractivity contribution in [3.8, 4) is 5.75 Å². The zero-order valence-corrected chi connectivity index (χ0v) is 16.8. The molecule has 27 heavy (non-hydrogen) atoms. The highest BCUT2D eigenvalue weighted by Gasteiger charge is 2.27. The molecule has 1 saturated heterocycles. The van der Waals surface area contributed by atoms with Crippen LogP contribution < -0.4 is 10.1 Å². The van der Waals surface area contributed by atoms with Gasteiger partial charge in [-0.15, -0.1) is 0 Å². The number of carbonyl (C=O) groups is 1. The molecule has 0 aliphatic carbocycles. The molecule has 1 fully saturated rings. The number of benzene rings is 1. The largest absolute Gasteiger partial charge is 0.494 e. The van der Waals surface area contributed by atoms with Crippen molar-refractivity contribution < 1.29 is 18.7 Å². The van der Waals surface area contributed by atoms with E-state index in [-0.39, 0.29) is 11.7 Å². The van der Waals surface area contributed by atoms with Crippen LogP contribution in [-0.4, -0.2) is 56.8 Å². The van der Waals surface area contributed by atoms with Gasteiger partial charge >= 0.3 is 0 Å². The van der Waals surface area contributed by atoms with E-state index in [1.54, 1.807) is 12.1 Å². The molecule has 0 spiro atoms. The Balaban J connectivity index is 1.86. The van der Waals surface area contributed by atoms with Gasteiger partial charge in [-0.25, -0.2) is 4.39 Å². The van der Waals surface area contributed by atoms with Crippen molar-refractivity contribution in [2.45, 2.75) is 45.6 Å². The van der Waals surface area contributed by atoms with Crippen LogP contribution in [0, 0.1) is 11.7 Å². The molecule has 0 saturated carbocycles. The summed E-state index contributed by atoms with van der Waals surface area (Å²) in [5.41, 5.74) is 0.799. The Bertz CT molecular complexity index is 587. The summed E-state index contributed by atoms with van der Waals surface area (Å²) in [6.07, 6.45) is 3.06. The number of morpholine rings is 1. The average molecular weight is 381 g/mol. The fraction of sp³-hybridized carbons (Fsp3) is 0.667. The normalized spacial score (nSPS) is 16.3. The van der Waals surface area contributed by atoms with E-state index in [0.717, 1.165) is 44.7 Å². The molecule has 5 nitrogen and oxygen atoms in total. The Kier molecular flexibility index (Phi) is 9.01. The van der Waals surface area contributed by atoms with Gasteiger partial charge in [-0.05, 0) is 30.0 Å². The lowest BCUT2D eigenvalue weighted by molar-refractivity contribution is -0.121. The van der Waals surface area contributed by atoms with E-state index in [9.17, 15) is 9.18 Å². The number of rotatable bonds is 10. The van der Waals surface area contributed by atoms with E-state index in [0.29, 0.717) is 31.3 Å². The number of amides is 1. The second-order valence-corrected chi connectivity index (χ2v) is 7.07. The Morgan fingerprint density at radius 3 is 2.59 bits per heavy atom. The molecule has 1 aromatic rings. The molecule has 1 heterocycles. The van der Waals surface area contributed by atoms with Crippen molar-refractivity contribution in [3.63, 3.8) is 0 Å². The van der Waals surface area contributed by atoms with Gasteiger partial charge < -0.3 is 14.8 Å². The summed E-state index contributed by atoms with van der Waals surface area (Å²) in [7, 11) is 1.44. The lowest BCUT2D eigenvalue weighted by atomic mass is 9.92. The number of ether oxygens (including phenoxy) is 2. The Morgan fingerprint density at radius 2 is 2.00 bits per heavy atom. The Hall–Kier alpha value is -1.66. The maximum absolute atomic E-state index is 13.8. The molecule has 0 radical (unpaired) electrons. The van der Waals surface area contributed by atoms with Crippen LogP contribution in [0.1, 0.15) is 38.7 Å². The maximum Gasteiger partial charge on any atom is 0.220 e. The monoisotopic (exact) mass is 380 g/mol. The van der Waals surface area contributed by atoms with E-state index in [1.807, 2.05) is 0 Å². The summed E-state index contributed by atoms with van der Waals surface area (Å²) in [5, 5.41) is 3.10. The fourth-order valence-corrected chi connectivity index (χ4v) is 3.77. The third-order valence-electron chi connectivity index (χ3n) is 5.47. The van der Waals surface area contributed by atoms with Gasteiger partial charge in [0.2, 0.25) is 5.91 Å². The fourth-order valence-electron chi connectivity index (χ4n) is 3.77. The average Bonchev–Trinajstić information content (AvgIpc) is 2.70. The summed E-state index contributed by atoms with van der Waals surface area (Å²) < 4.78 is 24.2. The van der Waals surface area contributed by atoms with Crippen molar-refractivity contribution in [1.82, 2.24) is 10.2 Å². The van der Waals surface area contributed by atoms with E-state index in [1.165, 1.54) is 13.2 Å². The van der Waals surface area contributed by atoms with Crippen molar-refractivity contribution in [1.29, 1.82) is 0 Å². The SMILES string of the molecule is CCC(CC)C(CNC(=O)CCc1ccc(OC)c(F)c1)N1CCOCC1. The van der Waals surface area contributed by atoms with Gasteiger partial charge in [0.25, 0.3) is 0 Å². The minimum atomic E-state index is -0.392. The summed E-state index contributed by atoms with van der Waals surface area (Å²) in [6.45, 7) is 8.43. The molecule has 0 aromatic heterocycles. The van der Waals surface area contributed by atoms with Crippen LogP contribution in [-0.2, 0) is 16.0 Å². The predicted molar refractivity (Wildman–Crippen MR) is 105 cm³/mol. The van der Waals surface area contributed by atoms with Crippen LogP contribution in [0.25, 0.3) is 0 Å². The number of hydrogen-bond acceptors (Lipinski definition) is 4. The quantitative estimate of drug-likeness (QED) is 0.678. The number of aryl methyl sites for hydroxylation is 1. The first-order valence-corrected chi connectivity index (χ1v) is 9.99. The first-order valence-electron chi connectivity index (χ1n) is 9.99. The van der Waals surface area contributed by atoms with Crippen LogP contribution >= 0.6 is 0 Å². The zero-order valence-electron chi connectivity index (χ0n) is 16.8. The second kappa shape index (κ2) is 11.2. The molecule has 6 heteroatoms. The zero-order chi connectivity index (χ0) is 19.6. The molecule has 1 N–H and O–H groups in total. The van der Waals surface area contributed by atoms with E-state index in [4.69, 9.17) is 9.47 Å². The second-order valence-electron chi connectivity index (χ2n) is 7.07. The maximum atomic E-state index is 13.8. The van der Waals surface area contributed by atoms with Gasteiger partial charge in [0.05, 0.1) is 20.3 Å².